The van der Waals surface area contributed by atoms with E-state index in [1.807, 2.05) is 6.92 Å². The quantitative estimate of drug-likeness (QED) is 0.138. The highest BCUT2D eigenvalue weighted by Crippen LogP contribution is 2.72. The summed E-state index contributed by atoms with van der Waals surface area (Å²) >= 11 is 0. The number of methoxy groups -OCH3 is 1. The molecule has 0 bridgehead atoms. The molecule has 2 saturated heterocycles. The first-order valence-electron chi connectivity index (χ1n) is 19.6. The number of rotatable bonds is 8. The van der Waals surface area contributed by atoms with E-state index in [4.69, 9.17) is 32.8 Å². The van der Waals surface area contributed by atoms with Gasteiger partial charge in [-0.2, -0.15) is 0 Å². The molecule has 0 spiro atoms. The van der Waals surface area contributed by atoms with Crippen LogP contribution in [-0.4, -0.2) is 140 Å². The third-order valence-electron chi connectivity index (χ3n) is 14.8. The monoisotopic (exact) mass is 782 g/mol. The van der Waals surface area contributed by atoms with Crippen molar-refractivity contribution in [3.05, 3.63) is 34.4 Å². The minimum Gasteiger partial charge on any atom is -0.462 e. The molecule has 1 aromatic heterocycles. The molecule has 7 rings (SSSR count). The molecule has 55 heavy (non-hydrogen) atoms. The summed E-state index contributed by atoms with van der Waals surface area (Å²) in [6.45, 7) is 6.49. The van der Waals surface area contributed by atoms with Crippen LogP contribution in [0, 0.1) is 22.7 Å². The van der Waals surface area contributed by atoms with Gasteiger partial charge < -0.3 is 68.6 Å². The van der Waals surface area contributed by atoms with Crippen LogP contribution in [0.5, 0.6) is 0 Å². The Bertz CT molecular complexity index is 1580. The molecule has 2 aliphatic heterocycles. The second kappa shape index (κ2) is 15.0. The molecule has 0 aromatic carbocycles. The Kier molecular flexibility index (Phi) is 11.2. The molecule has 4 saturated carbocycles. The summed E-state index contributed by atoms with van der Waals surface area (Å²) in [5.41, 5.74) is -4.04. The first kappa shape index (κ1) is 41.1. The first-order valence-corrected chi connectivity index (χ1v) is 19.6. The lowest BCUT2D eigenvalue weighted by molar-refractivity contribution is -0.363. The minimum absolute atomic E-state index is 0.0369. The average molecular weight is 783 g/mol. The molecule has 16 nitrogen and oxygen atoms in total. The van der Waals surface area contributed by atoms with Gasteiger partial charge in [-0.05, 0) is 80.8 Å². The van der Waals surface area contributed by atoms with Crippen molar-refractivity contribution < 1.29 is 73.4 Å². The number of aliphatic hydroxyl groups excluding tert-OH is 5. The number of ether oxygens (including phenoxy) is 6. The van der Waals surface area contributed by atoms with Crippen molar-refractivity contribution >= 4 is 5.97 Å². The van der Waals surface area contributed by atoms with Crippen LogP contribution in [-0.2, 0) is 33.2 Å². The lowest BCUT2D eigenvalue weighted by Gasteiger charge is -2.68. The molecule has 0 amide bonds. The van der Waals surface area contributed by atoms with E-state index in [0.29, 0.717) is 44.9 Å². The summed E-state index contributed by atoms with van der Waals surface area (Å²) < 4.78 is 41.0. The number of carbonyl (C=O) groups is 1. The van der Waals surface area contributed by atoms with E-state index in [-0.39, 0.29) is 24.2 Å². The van der Waals surface area contributed by atoms with E-state index in [1.54, 1.807) is 13.0 Å². The summed E-state index contributed by atoms with van der Waals surface area (Å²) in [6, 6.07) is 3.12. The van der Waals surface area contributed by atoms with Crippen molar-refractivity contribution in [3.8, 4) is 0 Å². The SMILES string of the molecule is COC1C(O)C(OC2CCC3(C)C(C2)C(OC(C)=O)CC2(O)C3CCC3(C)C(c4ccc(=O)oc4)CCC32O)OC(C)C1OC1OC(CO)C(O)C(O)C1O. The van der Waals surface area contributed by atoms with Gasteiger partial charge in [-0.15, -0.1) is 0 Å². The molecule has 16 heteroatoms. The molecule has 4 aliphatic carbocycles. The Balaban J connectivity index is 1.08. The highest BCUT2D eigenvalue weighted by atomic mass is 16.7. The maximum Gasteiger partial charge on any atom is 0.335 e. The summed E-state index contributed by atoms with van der Waals surface area (Å²) in [4.78, 5) is 24.4. The first-order chi connectivity index (χ1) is 25.9. The van der Waals surface area contributed by atoms with Crippen LogP contribution >= 0.6 is 0 Å². The number of fused-ring (bicyclic) bond motifs is 5. The summed E-state index contributed by atoms with van der Waals surface area (Å²) in [6.07, 6.45) is -8.92. The second-order valence-electron chi connectivity index (χ2n) is 17.5. The zero-order chi connectivity index (χ0) is 39.8. The molecule has 3 heterocycles. The molecule has 6 fully saturated rings. The normalized spacial score (nSPS) is 51.1. The van der Waals surface area contributed by atoms with Crippen molar-refractivity contribution in [2.45, 2.75) is 170 Å². The van der Waals surface area contributed by atoms with Gasteiger partial charge in [0.25, 0.3) is 0 Å². The van der Waals surface area contributed by atoms with E-state index in [0.717, 1.165) is 5.56 Å². The summed E-state index contributed by atoms with van der Waals surface area (Å²) in [5, 5.41) is 77.9. The second-order valence-corrected chi connectivity index (χ2v) is 17.5. The standard InChI is InChI=1S/C39H58O16/c1-18-32(55-34-30(45)29(44)28(43)25(16-40)54-34)33(49-5)31(46)35(51-18)53-21-8-11-36(3)23(14-21)24(52-19(2)41)15-38(47)26(36)10-12-37(4)22(9-13-39(37,38)48)20-6-7-27(42)50-17-20/h6-7,17-18,21-26,28-35,40,43-48H,8-16H2,1-5H3. The largest absolute Gasteiger partial charge is 0.462 e. The molecule has 1 aromatic rings. The predicted octanol–water partition coefficient (Wildman–Crippen LogP) is 0.229. The number of hydrogen-bond donors (Lipinski definition) is 7. The maximum atomic E-state index is 13.0. The maximum absolute atomic E-state index is 13.0. The summed E-state index contributed by atoms with van der Waals surface area (Å²) in [7, 11) is 1.37. The lowest BCUT2D eigenvalue weighted by Crippen LogP contribution is -2.75. The zero-order valence-electron chi connectivity index (χ0n) is 32.1. The van der Waals surface area contributed by atoms with Gasteiger partial charge in [0.1, 0.15) is 54.4 Å². The molecule has 0 radical (unpaired) electrons. The van der Waals surface area contributed by atoms with Gasteiger partial charge in [-0.1, -0.05) is 13.8 Å². The van der Waals surface area contributed by atoms with Gasteiger partial charge >= 0.3 is 11.6 Å². The fraction of sp³-hybridized carbons (Fsp3) is 0.846. The third kappa shape index (κ3) is 6.52. The van der Waals surface area contributed by atoms with Crippen LogP contribution in [0.1, 0.15) is 90.5 Å². The molecular weight excluding hydrogens is 724 g/mol. The lowest BCUT2D eigenvalue weighted by atomic mass is 9.40. The number of aliphatic hydroxyl groups is 7. The third-order valence-corrected chi connectivity index (χ3v) is 14.8. The number of esters is 1. The highest BCUT2D eigenvalue weighted by Gasteiger charge is 2.75. The molecule has 19 atom stereocenters. The molecular formula is C39H58O16. The number of hydrogen-bond acceptors (Lipinski definition) is 16. The predicted molar refractivity (Wildman–Crippen MR) is 188 cm³/mol. The van der Waals surface area contributed by atoms with Crippen molar-refractivity contribution in [2.24, 2.45) is 22.7 Å². The Morgan fingerprint density at radius 2 is 1.64 bits per heavy atom. The van der Waals surface area contributed by atoms with E-state index >= 15 is 0 Å². The fourth-order valence-corrected chi connectivity index (χ4v) is 11.9. The Hall–Kier alpha value is -2.06. The van der Waals surface area contributed by atoms with Crippen molar-refractivity contribution in [1.82, 2.24) is 0 Å². The van der Waals surface area contributed by atoms with E-state index in [9.17, 15) is 45.3 Å². The molecule has 7 N–H and O–H groups in total. The minimum atomic E-state index is -1.66. The van der Waals surface area contributed by atoms with Gasteiger partial charge in [-0.3, -0.25) is 4.79 Å². The van der Waals surface area contributed by atoms with Gasteiger partial charge in [-0.25, -0.2) is 4.79 Å². The van der Waals surface area contributed by atoms with Crippen molar-refractivity contribution in [2.75, 3.05) is 13.7 Å². The Labute approximate surface area is 319 Å². The van der Waals surface area contributed by atoms with E-state index < -0.39 is 114 Å². The number of carbonyl (C=O) groups excluding carboxylic acids is 1. The van der Waals surface area contributed by atoms with Crippen molar-refractivity contribution in [1.29, 1.82) is 0 Å². The van der Waals surface area contributed by atoms with Gasteiger partial charge in [0.15, 0.2) is 12.6 Å². The fourth-order valence-electron chi connectivity index (χ4n) is 11.9. The van der Waals surface area contributed by atoms with Gasteiger partial charge in [0.2, 0.25) is 0 Å². The Morgan fingerprint density at radius 3 is 2.29 bits per heavy atom. The zero-order valence-corrected chi connectivity index (χ0v) is 32.1. The van der Waals surface area contributed by atoms with Crippen LogP contribution in [0.4, 0.5) is 0 Å². The Morgan fingerprint density at radius 1 is 0.909 bits per heavy atom. The smallest absolute Gasteiger partial charge is 0.335 e. The van der Waals surface area contributed by atoms with Crippen LogP contribution < -0.4 is 5.63 Å². The van der Waals surface area contributed by atoms with E-state index in [1.165, 1.54) is 26.4 Å². The summed E-state index contributed by atoms with van der Waals surface area (Å²) in [5.74, 6) is -1.23. The van der Waals surface area contributed by atoms with Crippen LogP contribution in [0.25, 0.3) is 0 Å². The van der Waals surface area contributed by atoms with Crippen LogP contribution in [0.15, 0.2) is 27.6 Å². The van der Waals surface area contributed by atoms with Crippen molar-refractivity contribution in [3.63, 3.8) is 0 Å². The van der Waals surface area contributed by atoms with Crippen LogP contribution in [0.2, 0.25) is 0 Å². The highest BCUT2D eigenvalue weighted by molar-refractivity contribution is 5.66. The average Bonchev–Trinajstić information content (AvgIpc) is 3.42. The van der Waals surface area contributed by atoms with Gasteiger partial charge in [0, 0.05) is 37.9 Å². The van der Waals surface area contributed by atoms with E-state index in [2.05, 4.69) is 6.92 Å². The molecule has 6 aliphatic rings. The topological polar surface area (TPSA) is 244 Å². The van der Waals surface area contributed by atoms with Crippen LogP contribution in [0.3, 0.4) is 0 Å². The van der Waals surface area contributed by atoms with Gasteiger partial charge in [0.05, 0.1) is 30.7 Å². The molecule has 19 unspecified atom stereocenters. The molecule has 310 valence electrons.